The van der Waals surface area contributed by atoms with E-state index in [0.717, 1.165) is 32.5 Å². The molecular formula is C32H21N3O3. The van der Waals surface area contributed by atoms with Gasteiger partial charge in [0.2, 0.25) is 5.82 Å². The third-order valence-electron chi connectivity index (χ3n) is 6.83. The fraction of sp³-hybridized carbons (Fsp3) is 0.0312. The molecule has 0 aliphatic carbocycles. The van der Waals surface area contributed by atoms with Crippen molar-refractivity contribution in [1.82, 2.24) is 9.66 Å². The maximum Gasteiger partial charge on any atom is 0.282 e. The number of para-hydroxylation sites is 1. The molecule has 0 N–H and O–H groups in total. The second kappa shape index (κ2) is 8.71. The zero-order valence-corrected chi connectivity index (χ0v) is 20.5. The average molecular weight is 496 g/mol. The number of hydrogen-bond acceptors (Lipinski definition) is 5. The molecule has 0 radical (unpaired) electrons. The number of furan rings is 1. The van der Waals surface area contributed by atoms with E-state index in [1.807, 2.05) is 66.7 Å². The number of fused-ring (bicyclic) bond motifs is 4. The summed E-state index contributed by atoms with van der Waals surface area (Å²) in [4.78, 5) is 18.6. The van der Waals surface area contributed by atoms with Gasteiger partial charge in [0.25, 0.3) is 5.56 Å². The van der Waals surface area contributed by atoms with Crippen LogP contribution in [0.1, 0.15) is 5.56 Å². The summed E-state index contributed by atoms with van der Waals surface area (Å²) in [6.45, 7) is 0. The molecule has 0 spiro atoms. The van der Waals surface area contributed by atoms with Crippen LogP contribution in [0.2, 0.25) is 0 Å². The van der Waals surface area contributed by atoms with Crippen LogP contribution >= 0.6 is 0 Å². The van der Waals surface area contributed by atoms with E-state index in [9.17, 15) is 4.79 Å². The summed E-state index contributed by atoms with van der Waals surface area (Å²) in [7, 11) is 1.62. The van der Waals surface area contributed by atoms with Crippen molar-refractivity contribution in [2.24, 2.45) is 5.10 Å². The van der Waals surface area contributed by atoms with Gasteiger partial charge in [-0.1, -0.05) is 66.7 Å². The van der Waals surface area contributed by atoms with E-state index in [-0.39, 0.29) is 5.56 Å². The molecule has 6 nitrogen and oxygen atoms in total. The number of aromatic nitrogens is 2. The molecule has 38 heavy (non-hydrogen) atoms. The Balaban J connectivity index is 1.51. The van der Waals surface area contributed by atoms with Gasteiger partial charge in [-0.05, 0) is 57.9 Å². The molecule has 0 unspecified atom stereocenters. The van der Waals surface area contributed by atoms with Crippen LogP contribution in [0.15, 0.2) is 117 Å². The standard InChI is InChI=1S/C32H21N3O3/c1-37-28-15-8-16-29-25(28)18-30(38-29)31-34-27-14-7-6-13-24(27)32(36)35(31)33-19-26-22-11-4-2-9-20(22)17-21-10-3-5-12-23(21)26/h2-19H,1H3. The third-order valence-corrected chi connectivity index (χ3v) is 6.83. The SMILES string of the molecule is COc1cccc2oc(-c3nc4ccccc4c(=O)n3N=Cc3c4ccccc4cc4ccccc34)cc12. The van der Waals surface area contributed by atoms with Crippen molar-refractivity contribution in [1.29, 1.82) is 0 Å². The summed E-state index contributed by atoms with van der Waals surface area (Å²) in [5.41, 5.74) is 1.86. The number of benzene rings is 5. The smallest absolute Gasteiger partial charge is 0.282 e. The van der Waals surface area contributed by atoms with E-state index < -0.39 is 0 Å². The molecule has 182 valence electrons. The summed E-state index contributed by atoms with van der Waals surface area (Å²) in [6.07, 6.45) is 1.75. The van der Waals surface area contributed by atoms with Crippen molar-refractivity contribution in [3.8, 4) is 17.3 Å². The molecule has 0 amide bonds. The molecule has 5 aromatic carbocycles. The van der Waals surface area contributed by atoms with Gasteiger partial charge >= 0.3 is 0 Å². The minimum absolute atomic E-state index is 0.279. The Morgan fingerprint density at radius 2 is 1.47 bits per heavy atom. The highest BCUT2D eigenvalue weighted by Crippen LogP contribution is 2.33. The van der Waals surface area contributed by atoms with Gasteiger partial charge in [0.1, 0.15) is 11.3 Å². The lowest BCUT2D eigenvalue weighted by Crippen LogP contribution is -2.20. The topological polar surface area (TPSA) is 69.6 Å². The van der Waals surface area contributed by atoms with Crippen molar-refractivity contribution >= 4 is 49.6 Å². The van der Waals surface area contributed by atoms with Gasteiger partial charge in [-0.3, -0.25) is 4.79 Å². The summed E-state index contributed by atoms with van der Waals surface area (Å²) in [5.74, 6) is 1.41. The van der Waals surface area contributed by atoms with Gasteiger partial charge in [0, 0.05) is 5.56 Å². The molecule has 0 atom stereocenters. The molecule has 2 aromatic heterocycles. The predicted octanol–water partition coefficient (Wildman–Crippen LogP) is 7.01. The van der Waals surface area contributed by atoms with Gasteiger partial charge in [0.15, 0.2) is 5.76 Å². The second-order valence-electron chi connectivity index (χ2n) is 9.03. The second-order valence-corrected chi connectivity index (χ2v) is 9.03. The van der Waals surface area contributed by atoms with Crippen LogP contribution < -0.4 is 10.3 Å². The van der Waals surface area contributed by atoms with Gasteiger partial charge < -0.3 is 9.15 Å². The van der Waals surface area contributed by atoms with E-state index in [1.54, 1.807) is 19.4 Å². The fourth-order valence-corrected chi connectivity index (χ4v) is 5.02. The summed E-state index contributed by atoms with van der Waals surface area (Å²) >= 11 is 0. The van der Waals surface area contributed by atoms with Crippen molar-refractivity contribution in [2.75, 3.05) is 7.11 Å². The molecule has 7 rings (SSSR count). The number of ether oxygens (including phenoxy) is 1. The minimum atomic E-state index is -0.279. The molecule has 6 heteroatoms. The highest BCUT2D eigenvalue weighted by molar-refractivity contribution is 6.13. The minimum Gasteiger partial charge on any atom is -0.496 e. The number of nitrogens with zero attached hydrogens (tertiary/aromatic N) is 3. The summed E-state index contributed by atoms with van der Waals surface area (Å²) in [6, 6.07) is 33.2. The first-order valence-corrected chi connectivity index (χ1v) is 12.2. The Morgan fingerprint density at radius 3 is 2.21 bits per heavy atom. The molecular weight excluding hydrogens is 474 g/mol. The Labute approximate surface area is 217 Å². The average Bonchev–Trinajstić information content (AvgIpc) is 3.40. The van der Waals surface area contributed by atoms with E-state index in [2.05, 4.69) is 30.3 Å². The zero-order valence-electron chi connectivity index (χ0n) is 20.5. The Hall–Kier alpha value is -5.23. The van der Waals surface area contributed by atoms with Crippen LogP contribution in [0.25, 0.3) is 55.0 Å². The highest BCUT2D eigenvalue weighted by atomic mass is 16.5. The largest absolute Gasteiger partial charge is 0.496 e. The Morgan fingerprint density at radius 1 is 0.789 bits per heavy atom. The van der Waals surface area contributed by atoms with E-state index in [1.165, 1.54) is 4.68 Å². The lowest BCUT2D eigenvalue weighted by Gasteiger charge is -2.10. The maximum atomic E-state index is 13.8. The van der Waals surface area contributed by atoms with E-state index in [4.69, 9.17) is 19.2 Å². The summed E-state index contributed by atoms with van der Waals surface area (Å²) < 4.78 is 13.0. The first kappa shape index (κ1) is 22.0. The first-order valence-electron chi connectivity index (χ1n) is 12.2. The van der Waals surface area contributed by atoms with Crippen LogP contribution in [0.5, 0.6) is 5.75 Å². The number of hydrogen-bond donors (Lipinski definition) is 0. The van der Waals surface area contributed by atoms with Crippen LogP contribution in [0, 0.1) is 0 Å². The van der Waals surface area contributed by atoms with Crippen LogP contribution in [0.4, 0.5) is 0 Å². The molecule has 7 aromatic rings. The monoisotopic (exact) mass is 495 g/mol. The van der Waals surface area contributed by atoms with Gasteiger partial charge in [-0.25, -0.2) is 4.98 Å². The quantitative estimate of drug-likeness (QED) is 0.195. The Kier molecular flexibility index (Phi) is 5.04. The molecule has 0 fully saturated rings. The third kappa shape index (κ3) is 3.46. The molecule has 0 bridgehead atoms. The maximum absolute atomic E-state index is 13.8. The molecule has 0 saturated carbocycles. The molecule has 0 aliphatic rings. The van der Waals surface area contributed by atoms with Crippen molar-refractivity contribution in [2.45, 2.75) is 0 Å². The molecule has 0 aliphatic heterocycles. The van der Waals surface area contributed by atoms with Gasteiger partial charge in [-0.15, -0.1) is 0 Å². The molecule has 2 heterocycles. The van der Waals surface area contributed by atoms with E-state index >= 15 is 0 Å². The van der Waals surface area contributed by atoms with E-state index in [0.29, 0.717) is 33.8 Å². The predicted molar refractivity (Wildman–Crippen MR) is 152 cm³/mol. The van der Waals surface area contributed by atoms with Crippen LogP contribution in [-0.2, 0) is 0 Å². The highest BCUT2D eigenvalue weighted by Gasteiger charge is 2.18. The first-order chi connectivity index (χ1) is 18.7. The lowest BCUT2D eigenvalue weighted by molar-refractivity contribution is 0.419. The van der Waals surface area contributed by atoms with Crippen LogP contribution in [-0.4, -0.2) is 23.0 Å². The van der Waals surface area contributed by atoms with Gasteiger partial charge in [0.05, 0.1) is 29.6 Å². The summed E-state index contributed by atoms with van der Waals surface area (Å²) in [5, 5.41) is 10.3. The van der Waals surface area contributed by atoms with Crippen molar-refractivity contribution in [3.05, 3.63) is 119 Å². The van der Waals surface area contributed by atoms with Crippen molar-refractivity contribution < 1.29 is 9.15 Å². The van der Waals surface area contributed by atoms with Crippen LogP contribution in [0.3, 0.4) is 0 Å². The fourth-order valence-electron chi connectivity index (χ4n) is 5.02. The van der Waals surface area contributed by atoms with Crippen molar-refractivity contribution in [3.63, 3.8) is 0 Å². The zero-order chi connectivity index (χ0) is 25.6. The molecule has 0 saturated heterocycles. The lowest BCUT2D eigenvalue weighted by atomic mass is 9.97. The van der Waals surface area contributed by atoms with Gasteiger partial charge in [-0.2, -0.15) is 9.78 Å². The Bertz CT molecular complexity index is 2050. The normalized spacial score (nSPS) is 11.8. The number of methoxy groups -OCH3 is 1. The number of rotatable bonds is 4.